The smallest absolute Gasteiger partial charge is 0.249 e. The summed E-state index contributed by atoms with van der Waals surface area (Å²) < 4.78 is 14.2. The largest absolute Gasteiger partial charge is 0.340 e. The normalized spacial score (nSPS) is 12.1. The van der Waals surface area contributed by atoms with Crippen molar-refractivity contribution in [3.8, 4) is 0 Å². The van der Waals surface area contributed by atoms with Crippen LogP contribution >= 0.6 is 22.9 Å². The van der Waals surface area contributed by atoms with Crippen molar-refractivity contribution in [3.63, 3.8) is 0 Å². The number of nitrogens with one attached hydrogen (secondary N) is 2. The molecule has 4 aromatic rings. The summed E-state index contributed by atoms with van der Waals surface area (Å²) in [6.45, 7) is 3.27. The molecule has 0 saturated carbocycles. The van der Waals surface area contributed by atoms with Crippen molar-refractivity contribution in [3.05, 3.63) is 94.8 Å². The van der Waals surface area contributed by atoms with Crippen molar-refractivity contribution in [1.29, 1.82) is 0 Å². The van der Waals surface area contributed by atoms with E-state index in [1.165, 1.54) is 41.7 Å². The van der Waals surface area contributed by atoms with Crippen LogP contribution in [0.2, 0.25) is 5.02 Å². The van der Waals surface area contributed by atoms with Crippen molar-refractivity contribution >= 4 is 74.9 Å². The van der Waals surface area contributed by atoms with E-state index in [1.54, 1.807) is 18.2 Å². The molecular weight excluding hydrogens is 541 g/mol. The summed E-state index contributed by atoms with van der Waals surface area (Å²) in [4.78, 5) is 30.5. The number of fused-ring (bicyclic) bond motifs is 1. The molecule has 39 heavy (non-hydrogen) atoms. The highest BCUT2D eigenvalue weighted by atomic mass is 35.5. The Balaban J connectivity index is 1.53. The average Bonchev–Trinajstić information content (AvgIpc) is 3.32. The van der Waals surface area contributed by atoms with Gasteiger partial charge in [-0.2, -0.15) is 5.10 Å². The monoisotopic (exact) mass is 563 g/mol. The zero-order valence-corrected chi connectivity index (χ0v) is 22.0. The molecule has 0 radical (unpaired) electrons. The Hall–Kier alpha value is -4.45. The number of hydrazine groups is 1. The van der Waals surface area contributed by atoms with Gasteiger partial charge in [0.05, 0.1) is 15.9 Å². The van der Waals surface area contributed by atoms with Crippen LogP contribution in [0, 0.1) is 5.82 Å². The van der Waals surface area contributed by atoms with Crippen LogP contribution in [0.5, 0.6) is 0 Å². The molecule has 0 saturated heterocycles. The molecule has 1 aromatic heterocycles. The van der Waals surface area contributed by atoms with Gasteiger partial charge in [0.1, 0.15) is 18.2 Å². The Morgan fingerprint density at radius 2 is 1.97 bits per heavy atom. The van der Waals surface area contributed by atoms with Crippen molar-refractivity contribution < 1.29 is 14.0 Å². The van der Waals surface area contributed by atoms with Crippen LogP contribution in [0.3, 0.4) is 0 Å². The van der Waals surface area contributed by atoms with Gasteiger partial charge in [-0.1, -0.05) is 53.3 Å². The molecule has 4 rings (SSSR count). The van der Waals surface area contributed by atoms with Gasteiger partial charge in [-0.05, 0) is 48.0 Å². The van der Waals surface area contributed by atoms with Crippen LogP contribution in [0.4, 0.5) is 15.2 Å². The predicted octanol–water partition coefficient (Wildman–Crippen LogP) is 4.79. The third-order valence-corrected chi connectivity index (χ3v) is 6.60. The minimum atomic E-state index is -0.927. The van der Waals surface area contributed by atoms with Gasteiger partial charge in [0.15, 0.2) is 5.13 Å². The fourth-order valence-electron chi connectivity index (χ4n) is 3.64. The first-order valence-electron chi connectivity index (χ1n) is 11.5. The fraction of sp³-hybridized carbons (Fsp3) is 0.0741. The van der Waals surface area contributed by atoms with Crippen LogP contribution in [-0.2, 0) is 16.0 Å². The molecule has 0 aliphatic rings. The van der Waals surface area contributed by atoms with Crippen LogP contribution in [0.15, 0.2) is 83.0 Å². The number of anilines is 2. The first kappa shape index (κ1) is 27.6. The van der Waals surface area contributed by atoms with Crippen molar-refractivity contribution in [1.82, 2.24) is 10.3 Å². The summed E-state index contributed by atoms with van der Waals surface area (Å²) in [5.41, 5.74) is 2.44. The Labute approximate surface area is 232 Å². The van der Waals surface area contributed by atoms with Gasteiger partial charge < -0.3 is 10.6 Å². The number of thiazole rings is 1. The molecular formula is C27H23ClFN7O2S. The SMILES string of the molecule is C=N/N=C\N(N)c1ccc(Cl)cc1/C=C/C(=O)N[C@@H](Cc1ccccc1)C(=O)Nc1nc2ccc(F)cc2s1. The minimum absolute atomic E-state index is 0.232. The Bertz CT molecular complexity index is 1560. The number of halogens is 2. The first-order chi connectivity index (χ1) is 18.8. The molecule has 0 bridgehead atoms. The third-order valence-electron chi connectivity index (χ3n) is 5.44. The van der Waals surface area contributed by atoms with Gasteiger partial charge in [0.25, 0.3) is 0 Å². The van der Waals surface area contributed by atoms with Crippen molar-refractivity contribution in [2.45, 2.75) is 12.5 Å². The van der Waals surface area contributed by atoms with E-state index in [9.17, 15) is 14.0 Å². The Morgan fingerprint density at radius 1 is 1.18 bits per heavy atom. The number of aromatic nitrogens is 1. The lowest BCUT2D eigenvalue weighted by Gasteiger charge is -2.17. The van der Waals surface area contributed by atoms with Crippen LogP contribution in [-0.4, -0.2) is 35.9 Å². The second-order valence-corrected chi connectivity index (χ2v) is 9.65. The summed E-state index contributed by atoms with van der Waals surface area (Å²) in [7, 11) is 0. The molecule has 0 aliphatic carbocycles. The summed E-state index contributed by atoms with van der Waals surface area (Å²) in [5, 5.41) is 14.5. The van der Waals surface area contributed by atoms with E-state index in [0.29, 0.717) is 31.6 Å². The number of nitrogens with zero attached hydrogens (tertiary/aromatic N) is 4. The number of benzene rings is 3. The molecule has 198 valence electrons. The molecule has 1 heterocycles. The second kappa shape index (κ2) is 12.9. The van der Waals surface area contributed by atoms with Crippen molar-refractivity contribution in [2.75, 3.05) is 10.3 Å². The second-order valence-electron chi connectivity index (χ2n) is 8.19. The Kier molecular flexibility index (Phi) is 9.10. The van der Waals surface area contributed by atoms with Crippen LogP contribution < -0.4 is 21.5 Å². The highest BCUT2D eigenvalue weighted by Gasteiger charge is 2.22. The Morgan fingerprint density at radius 3 is 2.74 bits per heavy atom. The number of hydrogen-bond donors (Lipinski definition) is 3. The van der Waals surface area contributed by atoms with E-state index >= 15 is 0 Å². The maximum atomic E-state index is 13.6. The lowest BCUT2D eigenvalue weighted by atomic mass is 10.1. The summed E-state index contributed by atoms with van der Waals surface area (Å²) in [6, 6.07) is 17.5. The standard InChI is InChI=1S/C27H23ClFN7O2S/c1-31-32-16-36(30)23-11-8-19(28)14-18(23)7-12-25(37)33-22(13-17-5-3-2-4-6-17)26(38)35-27-34-21-10-9-20(29)15-24(21)39-27/h2-12,14-16,22H,1,13,30H2,(H,33,37)(H,34,35,38)/b12-7+,32-16-/t22-/m0/s1. The molecule has 0 spiro atoms. The lowest BCUT2D eigenvalue weighted by molar-refractivity contribution is -0.123. The molecule has 2 amide bonds. The molecule has 3 aromatic carbocycles. The third kappa shape index (κ3) is 7.54. The van der Waals surface area contributed by atoms with E-state index in [0.717, 1.165) is 16.9 Å². The summed E-state index contributed by atoms with van der Waals surface area (Å²) >= 11 is 7.28. The number of rotatable bonds is 10. The maximum absolute atomic E-state index is 13.6. The zero-order valence-electron chi connectivity index (χ0n) is 20.4. The van der Waals surface area contributed by atoms with E-state index in [-0.39, 0.29) is 6.42 Å². The first-order valence-corrected chi connectivity index (χ1v) is 12.7. The summed E-state index contributed by atoms with van der Waals surface area (Å²) in [6.07, 6.45) is 4.28. The van der Waals surface area contributed by atoms with E-state index in [4.69, 9.17) is 17.4 Å². The predicted molar refractivity (Wildman–Crippen MR) is 155 cm³/mol. The van der Waals surface area contributed by atoms with Crippen LogP contribution in [0.25, 0.3) is 16.3 Å². The van der Waals surface area contributed by atoms with Gasteiger partial charge >= 0.3 is 0 Å². The number of carbonyl (C=O) groups excluding carboxylic acids is 2. The molecule has 1 atom stereocenters. The van der Waals surface area contributed by atoms with E-state index in [1.807, 2.05) is 30.3 Å². The molecule has 9 nitrogen and oxygen atoms in total. The quantitative estimate of drug-likeness (QED) is 0.0841. The number of carbonyl (C=O) groups is 2. The van der Waals surface area contributed by atoms with Crippen molar-refractivity contribution in [2.24, 2.45) is 16.0 Å². The van der Waals surface area contributed by atoms with Gasteiger partial charge in [-0.25, -0.2) is 15.2 Å². The molecule has 4 N–H and O–H groups in total. The topological polar surface area (TPSA) is 125 Å². The highest BCUT2D eigenvalue weighted by molar-refractivity contribution is 7.22. The number of hydrogen-bond acceptors (Lipinski definition) is 7. The van der Waals surface area contributed by atoms with Gasteiger partial charge in [0, 0.05) is 29.8 Å². The maximum Gasteiger partial charge on any atom is 0.249 e. The fourth-order valence-corrected chi connectivity index (χ4v) is 4.71. The average molecular weight is 564 g/mol. The minimum Gasteiger partial charge on any atom is -0.340 e. The number of nitrogens with two attached hydrogens (primary N) is 1. The van der Waals surface area contributed by atoms with Gasteiger partial charge in [-0.3, -0.25) is 14.6 Å². The van der Waals surface area contributed by atoms with E-state index in [2.05, 4.69) is 32.5 Å². The molecule has 0 unspecified atom stereocenters. The zero-order chi connectivity index (χ0) is 27.8. The molecule has 12 heteroatoms. The summed E-state index contributed by atoms with van der Waals surface area (Å²) in [5.74, 6) is 4.61. The molecule has 0 fully saturated rings. The highest BCUT2D eigenvalue weighted by Crippen LogP contribution is 2.27. The van der Waals surface area contributed by atoms with E-state index < -0.39 is 23.7 Å². The van der Waals surface area contributed by atoms with Crippen LogP contribution in [0.1, 0.15) is 11.1 Å². The van der Waals surface area contributed by atoms with Gasteiger partial charge in [0.2, 0.25) is 11.8 Å². The molecule has 0 aliphatic heterocycles. The number of amides is 2. The van der Waals surface area contributed by atoms with Gasteiger partial charge in [-0.15, -0.1) is 5.10 Å². The lowest BCUT2D eigenvalue weighted by Crippen LogP contribution is -2.44.